The number of aromatic nitrogens is 2. The van der Waals surface area contributed by atoms with Crippen molar-refractivity contribution in [3.63, 3.8) is 0 Å². The van der Waals surface area contributed by atoms with Gasteiger partial charge in [-0.25, -0.2) is 9.13 Å². The number of nitrogens with zero attached hydrogens (tertiary/aromatic N) is 2. The van der Waals surface area contributed by atoms with Gasteiger partial charge in [-0.3, -0.25) is 0 Å². The Hall–Kier alpha value is -0.500. The SMILES string of the molecule is CCCCCCCCCCCCCCC(CCCCC(CCCCCCCC)[n+]1ccn(C)c1)CC(C)CCCC(C)CCCCCCCC.[Cl-]. The molecule has 4 unspecified atom stereocenters. The predicted octanol–water partition coefficient (Wildman–Crippen LogP) is 13.5. The Bertz CT molecular complexity index is 805. The van der Waals surface area contributed by atoms with Crippen LogP contribution in [0, 0.1) is 17.8 Å². The highest BCUT2D eigenvalue weighted by atomic mass is 35.5. The second-order valence-corrected chi connectivity index (χ2v) is 17.5. The van der Waals surface area contributed by atoms with Crippen LogP contribution in [0.1, 0.15) is 265 Å². The Labute approximate surface area is 329 Å². The van der Waals surface area contributed by atoms with Crippen LogP contribution < -0.4 is 17.0 Å². The van der Waals surface area contributed by atoms with E-state index >= 15 is 0 Å². The van der Waals surface area contributed by atoms with E-state index in [2.05, 4.69) is 69.5 Å². The van der Waals surface area contributed by atoms with Gasteiger partial charge in [0.1, 0.15) is 18.4 Å². The molecule has 1 heterocycles. The van der Waals surface area contributed by atoms with Gasteiger partial charge in [0.05, 0.1) is 7.05 Å². The molecule has 1 aromatic heterocycles. The van der Waals surface area contributed by atoms with Crippen molar-refractivity contribution in [2.75, 3.05) is 0 Å². The zero-order valence-corrected chi connectivity index (χ0v) is 36.8. The van der Waals surface area contributed by atoms with Gasteiger partial charge >= 0.3 is 0 Å². The summed E-state index contributed by atoms with van der Waals surface area (Å²) in [4.78, 5) is 0. The maximum atomic E-state index is 2.59. The normalized spacial score (nSPS) is 14.0. The van der Waals surface area contributed by atoms with E-state index in [-0.39, 0.29) is 12.4 Å². The minimum Gasteiger partial charge on any atom is -1.00 e. The number of hydrogen-bond donors (Lipinski definition) is 0. The number of rotatable bonds is 39. The summed E-state index contributed by atoms with van der Waals surface area (Å²) >= 11 is 0. The maximum absolute atomic E-state index is 2.59. The summed E-state index contributed by atoms with van der Waals surface area (Å²) in [5, 5.41) is 0. The average molecular weight is 736 g/mol. The number of aryl methyl sites for hydroxylation is 1. The Morgan fingerprint density at radius 1 is 0.431 bits per heavy atom. The van der Waals surface area contributed by atoms with Crippen LogP contribution in [-0.2, 0) is 7.05 Å². The van der Waals surface area contributed by atoms with Crippen LogP contribution in [0.5, 0.6) is 0 Å². The van der Waals surface area contributed by atoms with Gasteiger partial charge in [-0.1, -0.05) is 227 Å². The van der Waals surface area contributed by atoms with Crippen LogP contribution in [-0.4, -0.2) is 4.57 Å². The van der Waals surface area contributed by atoms with E-state index in [9.17, 15) is 0 Å². The largest absolute Gasteiger partial charge is 1.00 e. The molecular weight excluding hydrogens is 640 g/mol. The standard InChI is InChI=1S/C48H95N2.ClH/c1-7-10-13-16-19-20-21-22-23-24-26-29-37-47(43-46(5)36-33-35-45(4)34-28-25-17-14-11-8-2)38-31-32-40-48(50-42-41-49(6)44-50)39-30-27-18-15-12-9-3;/h41-42,44-48H,7-40,43H2,1-6H3;1H/q+1;/p-1. The van der Waals surface area contributed by atoms with Gasteiger partial charge in [0, 0.05) is 0 Å². The van der Waals surface area contributed by atoms with Crippen molar-refractivity contribution in [3.05, 3.63) is 18.7 Å². The third-order valence-corrected chi connectivity index (χ3v) is 12.1. The molecule has 51 heavy (non-hydrogen) atoms. The fraction of sp³-hybridized carbons (Fsp3) is 0.938. The van der Waals surface area contributed by atoms with Crippen LogP contribution in [0.25, 0.3) is 0 Å². The Balaban J connectivity index is 0.0000250. The molecule has 0 fully saturated rings. The first-order chi connectivity index (χ1) is 24.5. The van der Waals surface area contributed by atoms with E-state index in [1.165, 1.54) is 225 Å². The van der Waals surface area contributed by atoms with Crippen molar-refractivity contribution >= 4 is 0 Å². The summed E-state index contributed by atoms with van der Waals surface area (Å²) in [5.41, 5.74) is 0. The van der Waals surface area contributed by atoms with Crippen LogP contribution in [0.2, 0.25) is 0 Å². The molecule has 0 aliphatic heterocycles. The molecule has 0 spiro atoms. The average Bonchev–Trinajstić information content (AvgIpc) is 3.54. The molecule has 3 heteroatoms. The fourth-order valence-electron chi connectivity index (χ4n) is 8.67. The van der Waals surface area contributed by atoms with Crippen LogP contribution in [0.15, 0.2) is 18.7 Å². The number of hydrogen-bond acceptors (Lipinski definition) is 0. The number of unbranched alkanes of at least 4 members (excludes halogenated alkanes) is 22. The highest BCUT2D eigenvalue weighted by Gasteiger charge is 2.18. The van der Waals surface area contributed by atoms with E-state index in [0.717, 1.165) is 17.8 Å². The lowest BCUT2D eigenvalue weighted by molar-refractivity contribution is -0.724. The summed E-state index contributed by atoms with van der Waals surface area (Å²) in [7, 11) is 2.18. The lowest BCUT2D eigenvalue weighted by Gasteiger charge is -2.22. The molecule has 304 valence electrons. The zero-order chi connectivity index (χ0) is 36.3. The predicted molar refractivity (Wildman–Crippen MR) is 225 cm³/mol. The van der Waals surface area contributed by atoms with E-state index in [4.69, 9.17) is 0 Å². The summed E-state index contributed by atoms with van der Waals surface area (Å²) in [5.74, 6) is 2.78. The van der Waals surface area contributed by atoms with Crippen molar-refractivity contribution < 1.29 is 17.0 Å². The molecule has 2 nitrogen and oxygen atoms in total. The minimum atomic E-state index is 0. The topological polar surface area (TPSA) is 8.81 Å². The van der Waals surface area contributed by atoms with Gasteiger partial charge in [-0.15, -0.1) is 0 Å². The lowest BCUT2D eigenvalue weighted by atomic mass is 9.84. The lowest BCUT2D eigenvalue weighted by Crippen LogP contribution is -3.00. The van der Waals surface area contributed by atoms with Gasteiger partial charge in [-0.2, -0.15) is 0 Å². The maximum Gasteiger partial charge on any atom is 0.243 e. The first-order valence-electron chi connectivity index (χ1n) is 23.5. The summed E-state index contributed by atoms with van der Waals surface area (Å²) in [6.07, 6.45) is 57.3. The Morgan fingerprint density at radius 3 is 1.24 bits per heavy atom. The minimum absolute atomic E-state index is 0. The second kappa shape index (κ2) is 37.8. The molecule has 0 bridgehead atoms. The Morgan fingerprint density at radius 2 is 0.784 bits per heavy atom. The molecule has 0 saturated heterocycles. The van der Waals surface area contributed by atoms with Gasteiger partial charge in [0.25, 0.3) is 0 Å². The molecule has 0 aliphatic rings. The van der Waals surface area contributed by atoms with Crippen molar-refractivity contribution in [1.29, 1.82) is 0 Å². The summed E-state index contributed by atoms with van der Waals surface area (Å²) in [6, 6.07) is 0.689. The molecule has 4 atom stereocenters. The van der Waals surface area contributed by atoms with Crippen molar-refractivity contribution in [2.24, 2.45) is 24.8 Å². The summed E-state index contributed by atoms with van der Waals surface area (Å²) < 4.78 is 4.77. The molecule has 0 saturated carbocycles. The van der Waals surface area contributed by atoms with Gasteiger partial charge in [-0.05, 0) is 49.9 Å². The molecule has 0 aromatic carbocycles. The van der Waals surface area contributed by atoms with Crippen molar-refractivity contribution in [1.82, 2.24) is 4.57 Å². The first-order valence-corrected chi connectivity index (χ1v) is 23.5. The second-order valence-electron chi connectivity index (χ2n) is 17.5. The monoisotopic (exact) mass is 735 g/mol. The van der Waals surface area contributed by atoms with Crippen LogP contribution in [0.3, 0.4) is 0 Å². The molecule has 0 amide bonds. The van der Waals surface area contributed by atoms with Gasteiger partial charge in [0.15, 0.2) is 0 Å². The van der Waals surface area contributed by atoms with E-state index < -0.39 is 0 Å². The molecule has 0 aliphatic carbocycles. The first kappa shape index (κ1) is 50.5. The zero-order valence-electron chi connectivity index (χ0n) is 36.1. The highest BCUT2D eigenvalue weighted by molar-refractivity contribution is 4.69. The van der Waals surface area contributed by atoms with Crippen molar-refractivity contribution in [3.8, 4) is 0 Å². The quantitative estimate of drug-likeness (QED) is 0.0470. The molecule has 1 rings (SSSR count). The van der Waals surface area contributed by atoms with E-state index in [1.807, 2.05) is 0 Å². The third kappa shape index (κ3) is 31.5. The smallest absolute Gasteiger partial charge is 0.243 e. The van der Waals surface area contributed by atoms with E-state index in [1.54, 1.807) is 0 Å². The highest BCUT2D eigenvalue weighted by Crippen LogP contribution is 2.29. The van der Waals surface area contributed by atoms with Crippen molar-refractivity contribution in [2.45, 2.75) is 265 Å². The van der Waals surface area contributed by atoms with Crippen LogP contribution in [0.4, 0.5) is 0 Å². The van der Waals surface area contributed by atoms with E-state index in [0.29, 0.717) is 6.04 Å². The summed E-state index contributed by atoms with van der Waals surface area (Å²) in [6.45, 7) is 12.1. The molecule has 0 N–H and O–H groups in total. The Kier molecular flexibility index (Phi) is 37.4. The molecular formula is C48H95ClN2. The van der Waals surface area contributed by atoms with Gasteiger partial charge < -0.3 is 12.4 Å². The number of halogens is 1. The van der Waals surface area contributed by atoms with Gasteiger partial charge in [0.2, 0.25) is 6.33 Å². The third-order valence-electron chi connectivity index (χ3n) is 12.1. The molecule has 0 radical (unpaired) electrons. The van der Waals surface area contributed by atoms with Crippen LogP contribution >= 0.6 is 0 Å². The fourth-order valence-corrected chi connectivity index (χ4v) is 8.67. The molecule has 1 aromatic rings. The number of imidazole rings is 1.